The molecular formula is C14H18FN3. The van der Waals surface area contributed by atoms with E-state index in [1.54, 1.807) is 29.2 Å². The number of anilines is 1. The Bertz CT molecular complexity index is 530. The number of benzene rings is 1. The van der Waals surface area contributed by atoms with Crippen molar-refractivity contribution in [3.63, 3.8) is 0 Å². The minimum atomic E-state index is -0.283. The molecule has 2 aromatic rings. The number of nitrogens with two attached hydrogens (primary N) is 1. The predicted octanol–water partition coefficient (Wildman–Crippen LogP) is 3.50. The molecule has 96 valence electrons. The highest BCUT2D eigenvalue weighted by atomic mass is 19.1. The molecule has 1 aromatic carbocycles. The Labute approximate surface area is 106 Å². The number of imidazole rings is 1. The van der Waals surface area contributed by atoms with E-state index in [2.05, 4.69) is 18.8 Å². The summed E-state index contributed by atoms with van der Waals surface area (Å²) in [4.78, 5) is 4.14. The third-order valence-corrected chi connectivity index (χ3v) is 3.30. The fourth-order valence-electron chi connectivity index (χ4n) is 2.23. The summed E-state index contributed by atoms with van der Waals surface area (Å²) in [5.41, 5.74) is 7.77. The lowest BCUT2D eigenvalue weighted by Crippen LogP contribution is -2.06. The molecule has 4 heteroatoms. The lowest BCUT2D eigenvalue weighted by molar-refractivity contribution is 0.589. The van der Waals surface area contributed by atoms with Gasteiger partial charge < -0.3 is 5.73 Å². The van der Waals surface area contributed by atoms with Gasteiger partial charge in [-0.15, -0.1) is 0 Å². The van der Waals surface area contributed by atoms with Crippen LogP contribution in [0.4, 0.5) is 10.1 Å². The Morgan fingerprint density at radius 1 is 1.33 bits per heavy atom. The molecule has 0 radical (unpaired) electrons. The maximum Gasteiger partial charge on any atom is 0.147 e. The van der Waals surface area contributed by atoms with E-state index in [-0.39, 0.29) is 5.82 Å². The molecule has 18 heavy (non-hydrogen) atoms. The largest absolute Gasteiger partial charge is 0.399 e. The number of halogens is 1. The molecule has 0 bridgehead atoms. The summed E-state index contributed by atoms with van der Waals surface area (Å²) in [5, 5.41) is 0. The molecule has 0 atom stereocenters. The van der Waals surface area contributed by atoms with Gasteiger partial charge in [0.1, 0.15) is 5.82 Å². The zero-order chi connectivity index (χ0) is 13.1. The van der Waals surface area contributed by atoms with E-state index in [1.165, 1.54) is 6.07 Å². The summed E-state index contributed by atoms with van der Waals surface area (Å²) in [6.45, 7) is 4.25. The van der Waals surface area contributed by atoms with E-state index in [9.17, 15) is 4.39 Å². The molecule has 0 unspecified atom stereocenters. The van der Waals surface area contributed by atoms with Gasteiger partial charge in [-0.25, -0.2) is 9.37 Å². The van der Waals surface area contributed by atoms with Crippen LogP contribution in [-0.2, 0) is 0 Å². The Morgan fingerprint density at radius 2 is 2.06 bits per heavy atom. The van der Waals surface area contributed by atoms with Gasteiger partial charge in [0.15, 0.2) is 0 Å². The maximum absolute atomic E-state index is 13.9. The van der Waals surface area contributed by atoms with Gasteiger partial charge in [-0.3, -0.25) is 4.57 Å². The molecule has 0 aliphatic carbocycles. The number of nitrogen functional groups attached to an aromatic ring is 1. The van der Waals surface area contributed by atoms with Crippen LogP contribution in [0.25, 0.3) is 5.69 Å². The monoisotopic (exact) mass is 247 g/mol. The number of rotatable bonds is 4. The molecule has 2 rings (SSSR count). The number of hydrogen-bond acceptors (Lipinski definition) is 2. The maximum atomic E-state index is 13.9. The smallest absolute Gasteiger partial charge is 0.147 e. The first-order valence-corrected chi connectivity index (χ1v) is 6.25. The van der Waals surface area contributed by atoms with Gasteiger partial charge in [0, 0.05) is 23.5 Å². The normalized spacial score (nSPS) is 11.1. The average molecular weight is 247 g/mol. The van der Waals surface area contributed by atoms with Crippen molar-refractivity contribution < 1.29 is 4.39 Å². The van der Waals surface area contributed by atoms with Gasteiger partial charge in [-0.05, 0) is 31.0 Å². The van der Waals surface area contributed by atoms with Crippen molar-refractivity contribution in [3.05, 3.63) is 42.2 Å². The Hall–Kier alpha value is -1.84. The van der Waals surface area contributed by atoms with Crippen molar-refractivity contribution in [2.75, 3.05) is 5.73 Å². The highest BCUT2D eigenvalue weighted by molar-refractivity contribution is 5.49. The van der Waals surface area contributed by atoms with Crippen LogP contribution in [0, 0.1) is 5.82 Å². The molecule has 0 fully saturated rings. The molecule has 0 amide bonds. The van der Waals surface area contributed by atoms with E-state index >= 15 is 0 Å². The van der Waals surface area contributed by atoms with Crippen LogP contribution in [0.5, 0.6) is 0 Å². The summed E-state index contributed by atoms with van der Waals surface area (Å²) in [5.74, 6) is 0.0998. The predicted molar refractivity (Wildman–Crippen MR) is 71.3 cm³/mol. The van der Waals surface area contributed by atoms with Gasteiger partial charge in [-0.1, -0.05) is 13.8 Å². The van der Waals surface area contributed by atoms with Gasteiger partial charge in [0.05, 0.1) is 12.0 Å². The van der Waals surface area contributed by atoms with Crippen molar-refractivity contribution in [2.45, 2.75) is 32.6 Å². The number of aromatic nitrogens is 2. The Morgan fingerprint density at radius 3 is 2.72 bits per heavy atom. The highest BCUT2D eigenvalue weighted by Gasteiger charge is 2.15. The zero-order valence-corrected chi connectivity index (χ0v) is 10.7. The second kappa shape index (κ2) is 5.21. The van der Waals surface area contributed by atoms with E-state index in [0.717, 1.165) is 18.5 Å². The summed E-state index contributed by atoms with van der Waals surface area (Å²) in [7, 11) is 0. The van der Waals surface area contributed by atoms with Crippen molar-refractivity contribution >= 4 is 5.69 Å². The highest BCUT2D eigenvalue weighted by Crippen LogP contribution is 2.27. The van der Waals surface area contributed by atoms with E-state index in [1.807, 2.05) is 0 Å². The van der Waals surface area contributed by atoms with Crippen LogP contribution in [-0.4, -0.2) is 9.55 Å². The van der Waals surface area contributed by atoms with Gasteiger partial charge in [0.25, 0.3) is 0 Å². The quantitative estimate of drug-likeness (QED) is 0.840. The van der Waals surface area contributed by atoms with Crippen molar-refractivity contribution in [1.29, 1.82) is 0 Å². The summed E-state index contributed by atoms with van der Waals surface area (Å²) in [6, 6.07) is 4.59. The second-order valence-electron chi connectivity index (χ2n) is 4.41. The van der Waals surface area contributed by atoms with Crippen LogP contribution in [0.3, 0.4) is 0 Å². The van der Waals surface area contributed by atoms with Crippen LogP contribution in [0.1, 0.15) is 38.3 Å². The minimum Gasteiger partial charge on any atom is -0.399 e. The topological polar surface area (TPSA) is 43.8 Å². The van der Waals surface area contributed by atoms with Gasteiger partial charge >= 0.3 is 0 Å². The zero-order valence-electron chi connectivity index (χ0n) is 10.7. The molecule has 1 heterocycles. The molecule has 0 aliphatic rings. The first-order chi connectivity index (χ1) is 8.67. The third kappa shape index (κ3) is 2.23. The van der Waals surface area contributed by atoms with Gasteiger partial charge in [-0.2, -0.15) is 0 Å². The fraction of sp³-hybridized carbons (Fsp3) is 0.357. The third-order valence-electron chi connectivity index (χ3n) is 3.30. The first kappa shape index (κ1) is 12.6. The number of hydrogen-bond donors (Lipinski definition) is 1. The Balaban J connectivity index is 2.51. The van der Waals surface area contributed by atoms with Crippen LogP contribution < -0.4 is 5.73 Å². The molecule has 0 spiro atoms. The summed E-state index contributed by atoms with van der Waals surface area (Å²) in [6.07, 6.45) is 5.46. The molecule has 0 saturated carbocycles. The fourth-order valence-corrected chi connectivity index (χ4v) is 2.23. The first-order valence-electron chi connectivity index (χ1n) is 6.25. The lowest BCUT2D eigenvalue weighted by Gasteiger charge is -2.16. The molecule has 0 aliphatic heterocycles. The summed E-state index contributed by atoms with van der Waals surface area (Å²) < 4.78 is 15.7. The number of nitrogens with zero attached hydrogens (tertiary/aromatic N) is 2. The van der Waals surface area contributed by atoms with Gasteiger partial charge in [0.2, 0.25) is 0 Å². The van der Waals surface area contributed by atoms with Crippen molar-refractivity contribution in [1.82, 2.24) is 9.55 Å². The molecular weight excluding hydrogens is 229 g/mol. The van der Waals surface area contributed by atoms with Crippen molar-refractivity contribution in [3.8, 4) is 5.69 Å². The van der Waals surface area contributed by atoms with Crippen LogP contribution >= 0.6 is 0 Å². The SMILES string of the molecule is CCC(CC)c1cncn1-c1cc(N)ccc1F. The average Bonchev–Trinajstić information content (AvgIpc) is 2.83. The van der Waals surface area contributed by atoms with Crippen LogP contribution in [0.15, 0.2) is 30.7 Å². The molecule has 2 N–H and O–H groups in total. The molecule has 0 saturated heterocycles. The lowest BCUT2D eigenvalue weighted by atomic mass is 10.00. The molecule has 1 aromatic heterocycles. The standard InChI is InChI=1S/C14H18FN3/c1-3-10(4-2)14-8-17-9-18(14)13-7-11(16)5-6-12(13)15/h5-10H,3-4,16H2,1-2H3. The second-order valence-corrected chi connectivity index (χ2v) is 4.41. The molecule has 3 nitrogen and oxygen atoms in total. The van der Waals surface area contributed by atoms with E-state index in [4.69, 9.17) is 5.73 Å². The van der Waals surface area contributed by atoms with Crippen molar-refractivity contribution in [2.24, 2.45) is 0 Å². The summed E-state index contributed by atoms with van der Waals surface area (Å²) >= 11 is 0. The Kier molecular flexibility index (Phi) is 3.65. The van der Waals surface area contributed by atoms with Crippen LogP contribution in [0.2, 0.25) is 0 Å². The minimum absolute atomic E-state index is 0.283. The van der Waals surface area contributed by atoms with E-state index in [0.29, 0.717) is 17.3 Å². The van der Waals surface area contributed by atoms with E-state index < -0.39 is 0 Å².